The van der Waals surface area contributed by atoms with Gasteiger partial charge in [0.25, 0.3) is 0 Å². The van der Waals surface area contributed by atoms with Crippen molar-refractivity contribution in [2.75, 3.05) is 18.6 Å². The van der Waals surface area contributed by atoms with E-state index in [0.717, 1.165) is 18.4 Å². The predicted molar refractivity (Wildman–Crippen MR) is 90.4 cm³/mol. The second-order valence-corrected chi connectivity index (χ2v) is 7.78. The first-order valence-electron chi connectivity index (χ1n) is 7.52. The smallest absolute Gasteiger partial charge is 0.246 e. The van der Waals surface area contributed by atoms with E-state index in [1.807, 2.05) is 12.1 Å². The lowest BCUT2D eigenvalue weighted by Crippen LogP contribution is -2.31. The molecular formula is C17H25NO3S. The van der Waals surface area contributed by atoms with Crippen molar-refractivity contribution in [3.05, 3.63) is 48.0 Å². The summed E-state index contributed by atoms with van der Waals surface area (Å²) in [6, 6.07) is 8.16. The molecule has 0 spiro atoms. The van der Waals surface area contributed by atoms with Crippen LogP contribution in [-0.2, 0) is 27.6 Å². The summed E-state index contributed by atoms with van der Waals surface area (Å²) >= 11 is 0. The van der Waals surface area contributed by atoms with Crippen molar-refractivity contribution >= 4 is 15.7 Å². The molecule has 0 saturated heterocycles. The number of sulfone groups is 1. The van der Waals surface area contributed by atoms with E-state index in [9.17, 15) is 13.2 Å². The van der Waals surface area contributed by atoms with Gasteiger partial charge in [0, 0.05) is 19.3 Å². The Morgan fingerprint density at radius 3 is 2.59 bits per heavy atom. The van der Waals surface area contributed by atoms with E-state index in [4.69, 9.17) is 0 Å². The second kappa shape index (κ2) is 8.73. The Labute approximate surface area is 133 Å². The molecule has 0 saturated carbocycles. The van der Waals surface area contributed by atoms with E-state index < -0.39 is 9.84 Å². The van der Waals surface area contributed by atoms with Crippen LogP contribution in [0.2, 0.25) is 0 Å². The standard InChI is InChI=1S/C17H25NO3S/c1-4-8-15-9-6-10-16(13-15)14-18(17(19)5-2)11-7-12-22(3,20)21/h5-6,9-10,13H,2,4,7-8,11-12,14H2,1,3H3. The fraction of sp³-hybridized carbons (Fsp3) is 0.471. The molecule has 122 valence electrons. The van der Waals surface area contributed by atoms with Crippen molar-refractivity contribution in [1.29, 1.82) is 0 Å². The van der Waals surface area contributed by atoms with Crippen LogP contribution >= 0.6 is 0 Å². The van der Waals surface area contributed by atoms with Gasteiger partial charge in [-0.05, 0) is 30.0 Å². The first-order valence-corrected chi connectivity index (χ1v) is 9.58. The van der Waals surface area contributed by atoms with Crippen LogP contribution in [0.25, 0.3) is 0 Å². The molecule has 22 heavy (non-hydrogen) atoms. The highest BCUT2D eigenvalue weighted by Crippen LogP contribution is 2.11. The van der Waals surface area contributed by atoms with E-state index in [1.165, 1.54) is 17.9 Å². The van der Waals surface area contributed by atoms with Crippen molar-refractivity contribution in [3.8, 4) is 0 Å². The summed E-state index contributed by atoms with van der Waals surface area (Å²) in [5, 5.41) is 0. The summed E-state index contributed by atoms with van der Waals surface area (Å²) in [4.78, 5) is 13.6. The Bertz CT molecular complexity index is 608. The fourth-order valence-electron chi connectivity index (χ4n) is 2.31. The summed E-state index contributed by atoms with van der Waals surface area (Å²) < 4.78 is 22.4. The number of amides is 1. The molecule has 0 aliphatic heterocycles. The Kier molecular flexibility index (Phi) is 7.32. The molecule has 0 aliphatic rings. The van der Waals surface area contributed by atoms with Crippen LogP contribution in [0.5, 0.6) is 0 Å². The van der Waals surface area contributed by atoms with Gasteiger partial charge in [-0.2, -0.15) is 0 Å². The Morgan fingerprint density at radius 1 is 1.32 bits per heavy atom. The first kappa shape index (κ1) is 18.4. The average Bonchev–Trinajstić information content (AvgIpc) is 2.45. The third-order valence-corrected chi connectivity index (χ3v) is 4.36. The van der Waals surface area contributed by atoms with Crippen LogP contribution in [0.4, 0.5) is 0 Å². The maximum Gasteiger partial charge on any atom is 0.246 e. The maximum absolute atomic E-state index is 11.9. The number of carbonyl (C=O) groups is 1. The molecule has 5 heteroatoms. The lowest BCUT2D eigenvalue weighted by molar-refractivity contribution is -0.126. The molecule has 1 amide bonds. The highest BCUT2D eigenvalue weighted by atomic mass is 32.2. The minimum Gasteiger partial charge on any atom is -0.335 e. The number of aryl methyl sites for hydroxylation is 1. The first-order chi connectivity index (χ1) is 10.4. The summed E-state index contributed by atoms with van der Waals surface area (Å²) in [7, 11) is -3.00. The Morgan fingerprint density at radius 2 is 2.00 bits per heavy atom. The molecule has 0 bridgehead atoms. The van der Waals surface area contributed by atoms with E-state index >= 15 is 0 Å². The SMILES string of the molecule is C=CC(=O)N(CCCS(C)(=O)=O)Cc1cccc(CCC)c1. The van der Waals surface area contributed by atoms with Gasteiger partial charge >= 0.3 is 0 Å². The van der Waals surface area contributed by atoms with Crippen molar-refractivity contribution in [3.63, 3.8) is 0 Å². The minimum atomic E-state index is -3.00. The number of rotatable bonds is 9. The lowest BCUT2D eigenvalue weighted by atomic mass is 10.1. The van der Waals surface area contributed by atoms with Gasteiger partial charge in [0.15, 0.2) is 0 Å². The quantitative estimate of drug-likeness (QED) is 0.656. The fourth-order valence-corrected chi connectivity index (χ4v) is 2.96. The van der Waals surface area contributed by atoms with Crippen LogP contribution < -0.4 is 0 Å². The predicted octanol–water partition coefficient (Wildman–Crippen LogP) is 2.59. The van der Waals surface area contributed by atoms with Crippen molar-refractivity contribution < 1.29 is 13.2 Å². The zero-order chi connectivity index (χ0) is 16.6. The summed E-state index contributed by atoms with van der Waals surface area (Å²) in [5.41, 5.74) is 2.31. The van der Waals surface area contributed by atoms with Gasteiger partial charge in [-0.1, -0.05) is 44.2 Å². The summed E-state index contributed by atoms with van der Waals surface area (Å²) in [6.07, 6.45) is 5.01. The molecule has 0 atom stereocenters. The largest absolute Gasteiger partial charge is 0.335 e. The molecule has 0 fully saturated rings. The third-order valence-electron chi connectivity index (χ3n) is 3.33. The number of hydrogen-bond acceptors (Lipinski definition) is 3. The van der Waals surface area contributed by atoms with E-state index in [1.54, 1.807) is 4.90 Å². The lowest BCUT2D eigenvalue weighted by Gasteiger charge is -2.21. The van der Waals surface area contributed by atoms with Crippen LogP contribution in [0.1, 0.15) is 30.9 Å². The van der Waals surface area contributed by atoms with Crippen LogP contribution in [0.15, 0.2) is 36.9 Å². The van der Waals surface area contributed by atoms with Crippen LogP contribution in [0.3, 0.4) is 0 Å². The molecule has 1 aromatic carbocycles. The second-order valence-electron chi connectivity index (χ2n) is 5.52. The molecule has 0 aliphatic carbocycles. The monoisotopic (exact) mass is 323 g/mol. The topological polar surface area (TPSA) is 54.5 Å². The molecule has 4 nitrogen and oxygen atoms in total. The molecule has 0 unspecified atom stereocenters. The molecule has 0 N–H and O–H groups in total. The van der Waals surface area contributed by atoms with Gasteiger partial charge in [-0.3, -0.25) is 4.79 Å². The average molecular weight is 323 g/mol. The maximum atomic E-state index is 11.9. The molecule has 1 aromatic rings. The van der Waals surface area contributed by atoms with Crippen LogP contribution in [-0.4, -0.2) is 37.8 Å². The minimum absolute atomic E-state index is 0.0871. The van der Waals surface area contributed by atoms with Crippen molar-refractivity contribution in [2.24, 2.45) is 0 Å². The molecule has 0 radical (unpaired) electrons. The van der Waals surface area contributed by atoms with Gasteiger partial charge in [-0.15, -0.1) is 0 Å². The normalized spacial score (nSPS) is 11.2. The van der Waals surface area contributed by atoms with Gasteiger partial charge < -0.3 is 4.90 Å². The summed E-state index contributed by atoms with van der Waals surface area (Å²) in [5.74, 6) is -0.0848. The van der Waals surface area contributed by atoms with E-state index in [0.29, 0.717) is 19.5 Å². The summed E-state index contributed by atoms with van der Waals surface area (Å²) in [6.45, 7) is 6.54. The molecular weight excluding hydrogens is 298 g/mol. The highest BCUT2D eigenvalue weighted by molar-refractivity contribution is 7.90. The number of benzene rings is 1. The molecule has 0 heterocycles. The van der Waals surface area contributed by atoms with Gasteiger partial charge in [-0.25, -0.2) is 8.42 Å². The van der Waals surface area contributed by atoms with E-state index in [2.05, 4.69) is 25.6 Å². The Balaban J connectivity index is 2.74. The third kappa shape index (κ3) is 6.89. The van der Waals surface area contributed by atoms with Crippen molar-refractivity contribution in [1.82, 2.24) is 4.90 Å². The highest BCUT2D eigenvalue weighted by Gasteiger charge is 2.12. The van der Waals surface area contributed by atoms with Crippen LogP contribution in [0, 0.1) is 0 Å². The number of carbonyl (C=O) groups excluding carboxylic acids is 1. The van der Waals surface area contributed by atoms with Gasteiger partial charge in [0.1, 0.15) is 9.84 Å². The van der Waals surface area contributed by atoms with Gasteiger partial charge in [0.2, 0.25) is 5.91 Å². The number of hydrogen-bond donors (Lipinski definition) is 0. The zero-order valence-electron chi connectivity index (χ0n) is 13.4. The Hall–Kier alpha value is -1.62. The van der Waals surface area contributed by atoms with Gasteiger partial charge in [0.05, 0.1) is 5.75 Å². The molecule has 0 aromatic heterocycles. The van der Waals surface area contributed by atoms with Crippen molar-refractivity contribution in [2.45, 2.75) is 32.7 Å². The van der Waals surface area contributed by atoms with E-state index in [-0.39, 0.29) is 11.7 Å². The molecule has 1 rings (SSSR count). The number of nitrogens with zero attached hydrogens (tertiary/aromatic N) is 1. The zero-order valence-corrected chi connectivity index (χ0v) is 14.2.